The summed E-state index contributed by atoms with van der Waals surface area (Å²) >= 11 is 0. The minimum Gasteiger partial charge on any atom is -0.310 e. The fourth-order valence-corrected chi connectivity index (χ4v) is 1.54. The highest BCUT2D eigenvalue weighted by Gasteiger charge is 2.03. The summed E-state index contributed by atoms with van der Waals surface area (Å²) in [6.07, 6.45) is 7.61. The Morgan fingerprint density at radius 2 is 2.00 bits per heavy atom. The van der Waals surface area contributed by atoms with Gasteiger partial charge in [-0.2, -0.15) is 0 Å². The van der Waals surface area contributed by atoms with Crippen molar-refractivity contribution < 1.29 is 0 Å². The van der Waals surface area contributed by atoms with Crippen LogP contribution in [-0.2, 0) is 0 Å². The molecule has 0 saturated heterocycles. The summed E-state index contributed by atoms with van der Waals surface area (Å²) in [5.41, 5.74) is 2.13. The van der Waals surface area contributed by atoms with Gasteiger partial charge in [0.15, 0.2) is 0 Å². The van der Waals surface area contributed by atoms with Gasteiger partial charge in [-0.25, -0.2) is 4.98 Å². The number of imidazole rings is 1. The highest BCUT2D eigenvalue weighted by Crippen LogP contribution is 2.17. The maximum absolute atomic E-state index is 4.51. The van der Waals surface area contributed by atoms with E-state index in [1.54, 1.807) is 6.08 Å². The molecule has 2 heteroatoms. The Morgan fingerprint density at radius 3 is 2.69 bits per heavy atom. The van der Waals surface area contributed by atoms with Gasteiger partial charge >= 0.3 is 0 Å². The van der Waals surface area contributed by atoms with E-state index in [4.69, 9.17) is 0 Å². The van der Waals surface area contributed by atoms with Gasteiger partial charge in [-0.05, 0) is 13.0 Å². The molecular formula is C14H14N2. The van der Waals surface area contributed by atoms with E-state index in [-0.39, 0.29) is 0 Å². The number of aromatic nitrogens is 2. The second kappa shape index (κ2) is 4.62. The normalized spacial score (nSPS) is 10.8. The second-order valence-electron chi connectivity index (χ2n) is 3.52. The van der Waals surface area contributed by atoms with Crippen LogP contribution in [0.2, 0.25) is 0 Å². The molecule has 2 nitrogen and oxygen atoms in total. The molecular weight excluding hydrogens is 196 g/mol. The van der Waals surface area contributed by atoms with Crippen molar-refractivity contribution in [1.82, 2.24) is 9.55 Å². The van der Waals surface area contributed by atoms with Crippen molar-refractivity contribution in [2.75, 3.05) is 0 Å². The Labute approximate surface area is 95.6 Å². The molecule has 0 amide bonds. The minimum atomic E-state index is 0.969. The zero-order chi connectivity index (χ0) is 11.4. The molecule has 0 aliphatic rings. The zero-order valence-corrected chi connectivity index (χ0v) is 9.30. The average Bonchev–Trinajstić information content (AvgIpc) is 2.69. The van der Waals surface area contributed by atoms with E-state index in [0.29, 0.717) is 0 Å². The minimum absolute atomic E-state index is 0.969. The molecule has 0 saturated carbocycles. The molecule has 0 aliphatic carbocycles. The van der Waals surface area contributed by atoms with E-state index in [1.807, 2.05) is 48.2 Å². The van der Waals surface area contributed by atoms with Crippen LogP contribution in [0.3, 0.4) is 0 Å². The number of nitrogens with zero attached hydrogens (tertiary/aromatic N) is 2. The summed E-state index contributed by atoms with van der Waals surface area (Å²) in [6, 6.07) is 10.2. The summed E-state index contributed by atoms with van der Waals surface area (Å²) in [5, 5.41) is 0. The molecule has 0 spiro atoms. The van der Waals surface area contributed by atoms with Crippen LogP contribution < -0.4 is 0 Å². The summed E-state index contributed by atoms with van der Waals surface area (Å²) in [6.45, 7) is 5.64. The summed E-state index contributed by atoms with van der Waals surface area (Å²) in [4.78, 5) is 4.51. The predicted molar refractivity (Wildman–Crippen MR) is 67.9 cm³/mol. The summed E-state index contributed by atoms with van der Waals surface area (Å²) in [7, 11) is 0. The van der Waals surface area contributed by atoms with E-state index in [1.165, 1.54) is 0 Å². The molecule has 1 heterocycles. The zero-order valence-electron chi connectivity index (χ0n) is 9.30. The highest BCUT2D eigenvalue weighted by atomic mass is 15.0. The first-order valence-corrected chi connectivity index (χ1v) is 5.21. The van der Waals surface area contributed by atoms with E-state index in [0.717, 1.165) is 17.1 Å². The molecule has 0 radical (unpaired) electrons. The number of allylic oxidation sites excluding steroid dienone is 2. The number of hydrogen-bond acceptors (Lipinski definition) is 1. The van der Waals surface area contributed by atoms with Crippen molar-refractivity contribution in [2.24, 2.45) is 0 Å². The van der Waals surface area contributed by atoms with Crippen molar-refractivity contribution in [1.29, 1.82) is 0 Å². The first kappa shape index (κ1) is 10.4. The lowest BCUT2D eigenvalue weighted by Crippen LogP contribution is -1.86. The van der Waals surface area contributed by atoms with Gasteiger partial charge in [-0.15, -0.1) is 0 Å². The van der Waals surface area contributed by atoms with Crippen LogP contribution in [0.5, 0.6) is 0 Å². The number of aryl methyl sites for hydroxylation is 1. The third kappa shape index (κ3) is 2.11. The lowest BCUT2D eigenvalue weighted by atomic mass is 10.2. The molecule has 0 N–H and O–H groups in total. The standard InChI is InChI=1S/C14H14N2/c1-3-4-10-16-11-14(15-12(16)2)13-8-6-5-7-9-13/h3-11H,1H2,2H3/b10-4-. The Bertz CT molecular complexity index is 507. The second-order valence-corrected chi connectivity index (χ2v) is 3.52. The topological polar surface area (TPSA) is 17.8 Å². The van der Waals surface area contributed by atoms with Gasteiger partial charge in [0.2, 0.25) is 0 Å². The van der Waals surface area contributed by atoms with Gasteiger partial charge in [0.1, 0.15) is 5.82 Å². The third-order valence-electron chi connectivity index (χ3n) is 2.37. The Balaban J connectivity index is 2.38. The van der Waals surface area contributed by atoms with Crippen LogP contribution in [0.25, 0.3) is 17.5 Å². The fraction of sp³-hybridized carbons (Fsp3) is 0.0714. The lowest BCUT2D eigenvalue weighted by Gasteiger charge is -1.93. The first-order valence-electron chi connectivity index (χ1n) is 5.21. The van der Waals surface area contributed by atoms with E-state index >= 15 is 0 Å². The van der Waals surface area contributed by atoms with Crippen molar-refractivity contribution in [3.63, 3.8) is 0 Å². The molecule has 16 heavy (non-hydrogen) atoms. The largest absolute Gasteiger partial charge is 0.310 e. The Morgan fingerprint density at radius 1 is 1.25 bits per heavy atom. The van der Waals surface area contributed by atoms with Crippen molar-refractivity contribution >= 4 is 6.20 Å². The molecule has 0 aliphatic heterocycles. The highest BCUT2D eigenvalue weighted by molar-refractivity contribution is 5.59. The third-order valence-corrected chi connectivity index (χ3v) is 2.37. The van der Waals surface area contributed by atoms with Crippen LogP contribution in [0.15, 0.2) is 55.3 Å². The molecule has 2 aromatic rings. The van der Waals surface area contributed by atoms with Crippen molar-refractivity contribution in [2.45, 2.75) is 6.92 Å². The number of rotatable bonds is 3. The van der Waals surface area contributed by atoms with Crippen LogP contribution in [0.1, 0.15) is 5.82 Å². The van der Waals surface area contributed by atoms with Gasteiger partial charge < -0.3 is 4.57 Å². The molecule has 0 unspecified atom stereocenters. The molecule has 0 fully saturated rings. The van der Waals surface area contributed by atoms with E-state index in [9.17, 15) is 0 Å². The van der Waals surface area contributed by atoms with E-state index in [2.05, 4.69) is 23.7 Å². The number of benzene rings is 1. The van der Waals surface area contributed by atoms with Crippen LogP contribution in [-0.4, -0.2) is 9.55 Å². The van der Waals surface area contributed by atoms with Crippen molar-refractivity contribution in [3.05, 3.63) is 61.1 Å². The molecule has 1 aromatic carbocycles. The van der Waals surface area contributed by atoms with Gasteiger partial charge in [0, 0.05) is 18.0 Å². The maximum atomic E-state index is 4.51. The molecule has 2 rings (SSSR count). The molecule has 80 valence electrons. The summed E-state index contributed by atoms with van der Waals surface area (Å²) < 4.78 is 1.99. The SMILES string of the molecule is C=C/C=C\n1cc(-c2ccccc2)nc1C. The van der Waals surface area contributed by atoms with Crippen LogP contribution >= 0.6 is 0 Å². The van der Waals surface area contributed by atoms with Crippen molar-refractivity contribution in [3.8, 4) is 11.3 Å². The summed E-state index contributed by atoms with van der Waals surface area (Å²) in [5.74, 6) is 0.969. The van der Waals surface area contributed by atoms with Gasteiger partial charge in [0.25, 0.3) is 0 Å². The Kier molecular flexibility index (Phi) is 3.01. The molecule has 0 atom stereocenters. The molecule has 0 bridgehead atoms. The van der Waals surface area contributed by atoms with Gasteiger partial charge in [-0.3, -0.25) is 0 Å². The van der Waals surface area contributed by atoms with Crippen LogP contribution in [0, 0.1) is 6.92 Å². The Hall–Kier alpha value is -2.09. The predicted octanol–water partition coefficient (Wildman–Crippen LogP) is 3.52. The van der Waals surface area contributed by atoms with E-state index < -0.39 is 0 Å². The first-order chi connectivity index (χ1) is 7.81. The van der Waals surface area contributed by atoms with Gasteiger partial charge in [-0.1, -0.05) is 43.0 Å². The monoisotopic (exact) mass is 210 g/mol. The van der Waals surface area contributed by atoms with Gasteiger partial charge in [0.05, 0.1) is 5.69 Å². The van der Waals surface area contributed by atoms with Crippen LogP contribution in [0.4, 0.5) is 0 Å². The lowest BCUT2D eigenvalue weighted by molar-refractivity contribution is 1.03. The quantitative estimate of drug-likeness (QED) is 0.709. The average molecular weight is 210 g/mol. The molecule has 1 aromatic heterocycles. The fourth-order valence-electron chi connectivity index (χ4n) is 1.54. The number of hydrogen-bond donors (Lipinski definition) is 0. The smallest absolute Gasteiger partial charge is 0.110 e. The maximum Gasteiger partial charge on any atom is 0.110 e.